The smallest absolute Gasteiger partial charge is 0.250 e. The number of halogens is 1. The molecule has 1 heterocycles. The summed E-state index contributed by atoms with van der Waals surface area (Å²) in [6, 6.07) is 10.3. The van der Waals surface area contributed by atoms with E-state index in [0.29, 0.717) is 13.2 Å². The summed E-state index contributed by atoms with van der Waals surface area (Å²) in [6.07, 6.45) is 1.50. The first-order chi connectivity index (χ1) is 9.57. The molecule has 0 saturated carbocycles. The normalized spacial score (nSPS) is 18.7. The van der Waals surface area contributed by atoms with E-state index in [4.69, 9.17) is 4.74 Å². The summed E-state index contributed by atoms with van der Waals surface area (Å²) in [5.74, 6) is -0.0183. The summed E-state index contributed by atoms with van der Waals surface area (Å²) in [6.45, 7) is 6.14. The second-order valence-electron chi connectivity index (χ2n) is 5.92. The van der Waals surface area contributed by atoms with Gasteiger partial charge in [0.25, 0.3) is 5.91 Å². The maximum Gasteiger partial charge on any atom is 0.250 e. The van der Waals surface area contributed by atoms with Crippen molar-refractivity contribution in [1.82, 2.24) is 10.6 Å². The third-order valence-electron chi connectivity index (χ3n) is 3.56. The molecule has 1 aromatic carbocycles. The molecule has 0 aromatic heterocycles. The minimum absolute atomic E-state index is 0. The van der Waals surface area contributed by atoms with Gasteiger partial charge in [-0.1, -0.05) is 30.3 Å². The van der Waals surface area contributed by atoms with E-state index in [2.05, 4.69) is 36.6 Å². The second kappa shape index (κ2) is 8.37. The third-order valence-corrected chi connectivity index (χ3v) is 3.56. The van der Waals surface area contributed by atoms with E-state index in [9.17, 15) is 4.79 Å². The maximum atomic E-state index is 12.1. The summed E-state index contributed by atoms with van der Waals surface area (Å²) in [5, 5.41) is 6.27. The molecule has 0 spiro atoms. The van der Waals surface area contributed by atoms with Gasteiger partial charge in [0.05, 0.1) is 6.61 Å². The Morgan fingerprint density at radius 1 is 1.38 bits per heavy atom. The Labute approximate surface area is 133 Å². The Hall–Kier alpha value is -1.10. The number of carbonyl (C=O) groups is 1. The zero-order valence-electron chi connectivity index (χ0n) is 12.7. The monoisotopic (exact) mass is 312 g/mol. The highest BCUT2D eigenvalue weighted by atomic mass is 35.5. The van der Waals surface area contributed by atoms with E-state index >= 15 is 0 Å². The van der Waals surface area contributed by atoms with Crippen LogP contribution in [0.1, 0.15) is 25.8 Å². The summed E-state index contributed by atoms with van der Waals surface area (Å²) in [7, 11) is 0. The minimum Gasteiger partial charge on any atom is -0.366 e. The molecular formula is C16H25ClN2O2. The number of ether oxygens (including phenoxy) is 1. The lowest BCUT2D eigenvalue weighted by molar-refractivity contribution is -0.136. The van der Waals surface area contributed by atoms with Crippen LogP contribution in [0.15, 0.2) is 30.3 Å². The first kappa shape index (κ1) is 18.0. The summed E-state index contributed by atoms with van der Waals surface area (Å²) in [4.78, 5) is 12.1. The highest BCUT2D eigenvalue weighted by Crippen LogP contribution is 2.14. The molecule has 2 rings (SSSR count). The number of aryl methyl sites for hydroxylation is 1. The summed E-state index contributed by atoms with van der Waals surface area (Å²) in [5.41, 5.74) is 1.07. The number of hydrogen-bond acceptors (Lipinski definition) is 3. The molecular weight excluding hydrogens is 288 g/mol. The molecule has 1 amide bonds. The van der Waals surface area contributed by atoms with Gasteiger partial charge < -0.3 is 15.4 Å². The van der Waals surface area contributed by atoms with E-state index in [1.807, 2.05) is 18.2 Å². The van der Waals surface area contributed by atoms with Crippen LogP contribution in [-0.2, 0) is 16.0 Å². The van der Waals surface area contributed by atoms with Crippen LogP contribution in [0.2, 0.25) is 0 Å². The fourth-order valence-electron chi connectivity index (χ4n) is 2.31. The molecule has 1 aliphatic heterocycles. The van der Waals surface area contributed by atoms with Gasteiger partial charge in [0.1, 0.15) is 6.10 Å². The Kier molecular flexibility index (Phi) is 7.15. The zero-order chi connectivity index (χ0) is 14.4. The molecule has 0 radical (unpaired) electrons. The van der Waals surface area contributed by atoms with Crippen LogP contribution in [0.25, 0.3) is 0 Å². The molecule has 1 aliphatic rings. The molecule has 1 saturated heterocycles. The number of nitrogens with one attached hydrogen (secondary N) is 2. The van der Waals surface area contributed by atoms with Gasteiger partial charge in [-0.2, -0.15) is 0 Å². The van der Waals surface area contributed by atoms with Crippen molar-refractivity contribution in [3.63, 3.8) is 0 Å². The van der Waals surface area contributed by atoms with Crippen molar-refractivity contribution in [2.45, 2.75) is 38.3 Å². The van der Waals surface area contributed by atoms with Crippen molar-refractivity contribution in [2.24, 2.45) is 0 Å². The van der Waals surface area contributed by atoms with E-state index in [-0.39, 0.29) is 30.0 Å². The van der Waals surface area contributed by atoms with Crippen LogP contribution in [0.3, 0.4) is 0 Å². The number of benzene rings is 1. The highest BCUT2D eigenvalue weighted by Gasteiger charge is 2.27. The number of hydrogen-bond donors (Lipinski definition) is 2. The van der Waals surface area contributed by atoms with E-state index in [0.717, 1.165) is 19.4 Å². The third kappa shape index (κ3) is 6.04. The van der Waals surface area contributed by atoms with Crippen LogP contribution < -0.4 is 10.6 Å². The number of carbonyl (C=O) groups excluding carboxylic acids is 1. The van der Waals surface area contributed by atoms with Crippen LogP contribution in [0.5, 0.6) is 0 Å². The SMILES string of the molecule is CC(C)(CCc1ccccc1)NC(=O)C1CNCCO1.Cl. The second-order valence-corrected chi connectivity index (χ2v) is 5.92. The predicted molar refractivity (Wildman–Crippen MR) is 86.8 cm³/mol. The summed E-state index contributed by atoms with van der Waals surface area (Å²) >= 11 is 0. The first-order valence-electron chi connectivity index (χ1n) is 7.25. The average Bonchev–Trinajstić information content (AvgIpc) is 2.47. The van der Waals surface area contributed by atoms with Gasteiger partial charge in [-0.15, -0.1) is 12.4 Å². The molecule has 118 valence electrons. The van der Waals surface area contributed by atoms with Gasteiger partial charge in [0, 0.05) is 18.6 Å². The lowest BCUT2D eigenvalue weighted by atomic mass is 9.95. The van der Waals surface area contributed by atoms with E-state index in [1.54, 1.807) is 0 Å². The lowest BCUT2D eigenvalue weighted by Crippen LogP contribution is -2.53. The van der Waals surface area contributed by atoms with Crippen molar-refractivity contribution in [3.8, 4) is 0 Å². The molecule has 1 atom stereocenters. The first-order valence-corrected chi connectivity index (χ1v) is 7.25. The van der Waals surface area contributed by atoms with Gasteiger partial charge in [-0.3, -0.25) is 4.79 Å². The lowest BCUT2D eigenvalue weighted by Gasteiger charge is -2.30. The largest absolute Gasteiger partial charge is 0.366 e. The Morgan fingerprint density at radius 2 is 2.10 bits per heavy atom. The molecule has 5 heteroatoms. The molecule has 0 bridgehead atoms. The number of rotatable bonds is 5. The van der Waals surface area contributed by atoms with Crippen LogP contribution >= 0.6 is 12.4 Å². The topological polar surface area (TPSA) is 50.4 Å². The Balaban J connectivity index is 0.00000220. The van der Waals surface area contributed by atoms with Gasteiger partial charge in [0.15, 0.2) is 0 Å². The molecule has 1 unspecified atom stereocenters. The molecule has 21 heavy (non-hydrogen) atoms. The van der Waals surface area contributed by atoms with Crippen molar-refractivity contribution >= 4 is 18.3 Å². The fraction of sp³-hybridized carbons (Fsp3) is 0.562. The van der Waals surface area contributed by atoms with Gasteiger partial charge >= 0.3 is 0 Å². The molecule has 0 aliphatic carbocycles. The molecule has 4 nitrogen and oxygen atoms in total. The van der Waals surface area contributed by atoms with Crippen molar-refractivity contribution < 1.29 is 9.53 Å². The van der Waals surface area contributed by atoms with Crippen LogP contribution in [-0.4, -0.2) is 37.2 Å². The van der Waals surface area contributed by atoms with Gasteiger partial charge in [0.2, 0.25) is 0 Å². The molecule has 2 N–H and O–H groups in total. The minimum atomic E-state index is -0.361. The summed E-state index contributed by atoms with van der Waals surface area (Å²) < 4.78 is 5.47. The Bertz CT molecular complexity index is 431. The van der Waals surface area contributed by atoms with Crippen molar-refractivity contribution in [3.05, 3.63) is 35.9 Å². The van der Waals surface area contributed by atoms with Crippen LogP contribution in [0.4, 0.5) is 0 Å². The predicted octanol–water partition coefficient (Wildman–Crippen LogP) is 1.92. The average molecular weight is 313 g/mol. The Morgan fingerprint density at radius 3 is 2.71 bits per heavy atom. The fourth-order valence-corrected chi connectivity index (χ4v) is 2.31. The van der Waals surface area contributed by atoms with Gasteiger partial charge in [-0.25, -0.2) is 0 Å². The van der Waals surface area contributed by atoms with E-state index < -0.39 is 0 Å². The molecule has 1 aromatic rings. The van der Waals surface area contributed by atoms with E-state index in [1.165, 1.54) is 5.56 Å². The van der Waals surface area contributed by atoms with Crippen molar-refractivity contribution in [2.75, 3.05) is 19.7 Å². The zero-order valence-corrected chi connectivity index (χ0v) is 13.5. The van der Waals surface area contributed by atoms with Crippen LogP contribution in [0, 0.1) is 0 Å². The van der Waals surface area contributed by atoms with Crippen molar-refractivity contribution in [1.29, 1.82) is 0 Å². The molecule has 1 fully saturated rings. The number of amides is 1. The standard InChI is InChI=1S/C16H24N2O2.ClH/c1-16(2,9-8-13-6-4-3-5-7-13)18-15(19)14-12-17-10-11-20-14;/h3-7,14,17H,8-12H2,1-2H3,(H,18,19);1H. The highest BCUT2D eigenvalue weighted by molar-refractivity contribution is 5.85. The van der Waals surface area contributed by atoms with Gasteiger partial charge in [-0.05, 0) is 32.3 Å². The number of morpholine rings is 1. The maximum absolute atomic E-state index is 12.1. The quantitative estimate of drug-likeness (QED) is 0.873.